The summed E-state index contributed by atoms with van der Waals surface area (Å²) in [5.74, 6) is 1.37. The number of rotatable bonds is 10. The number of aromatic amines is 1. The van der Waals surface area contributed by atoms with Crippen LogP contribution in [0.25, 0.3) is 22.3 Å². The minimum Gasteiger partial charge on any atom is -0.488 e. The maximum Gasteiger partial charge on any atom is 0.255 e. The fourth-order valence-electron chi connectivity index (χ4n) is 9.73. The Bertz CT molecular complexity index is 2240. The topological polar surface area (TPSA) is 143 Å². The third-order valence-corrected chi connectivity index (χ3v) is 13.4. The summed E-state index contributed by atoms with van der Waals surface area (Å²) in [5, 5.41) is 11.1. The van der Waals surface area contributed by atoms with E-state index in [0.717, 1.165) is 131 Å². The minimum atomic E-state index is -0.754. The number of benzene rings is 2. The average molecular weight is 791 g/mol. The highest BCUT2D eigenvalue weighted by Gasteiger charge is 2.42. The molecule has 7 heterocycles. The number of H-pyrrole nitrogens is 1. The van der Waals surface area contributed by atoms with Crippen molar-refractivity contribution in [2.75, 3.05) is 75.2 Å². The van der Waals surface area contributed by atoms with Gasteiger partial charge in [0, 0.05) is 94.4 Å². The zero-order valence-electron chi connectivity index (χ0n) is 33.1. The second kappa shape index (κ2) is 14.9. The Morgan fingerprint density at radius 2 is 1.60 bits per heavy atom. The Morgan fingerprint density at radius 1 is 0.862 bits per heavy atom. The summed E-state index contributed by atoms with van der Waals surface area (Å²) in [6.45, 7) is 12.0. The fraction of sp³-hybridized carbons (Fsp3) is 0.535. The zero-order chi connectivity index (χ0) is 39.5. The monoisotopic (exact) mass is 790 g/mol. The number of carbonyl (C=O) groups is 3. The molecule has 2 aromatic heterocycles. The van der Waals surface area contributed by atoms with Gasteiger partial charge in [0.05, 0.1) is 23.4 Å². The van der Waals surface area contributed by atoms with Gasteiger partial charge in [-0.25, -0.2) is 14.4 Å². The molecule has 4 aromatic rings. The van der Waals surface area contributed by atoms with E-state index in [0.29, 0.717) is 28.7 Å². The Hall–Kier alpha value is -5.15. The molecule has 14 nitrogen and oxygen atoms in total. The first-order chi connectivity index (χ1) is 28.2. The van der Waals surface area contributed by atoms with Crippen LogP contribution in [0.5, 0.6) is 5.75 Å². The first-order valence-corrected chi connectivity index (χ1v) is 21.1. The molecule has 58 heavy (non-hydrogen) atoms. The number of nitrogens with zero attached hydrogens (tertiary/aromatic N) is 8. The number of halogens is 1. The first kappa shape index (κ1) is 37.1. The number of aromatic nitrogens is 4. The molecule has 2 atom stereocenters. The SMILES string of the molecule is CC1(Oc2ccc3[nH]nc(-c4cc(N5CCC(CN6CCN(C[C@@H]7CCN(c8ccc9c(c8F)CN(C8CCC(=O)NC8=O)C9=O)C7)CC6)CC5)ncn4)c3c2)CC1. The summed E-state index contributed by atoms with van der Waals surface area (Å²) in [6, 6.07) is 10.8. The highest BCUT2D eigenvalue weighted by molar-refractivity contribution is 6.05. The van der Waals surface area contributed by atoms with Gasteiger partial charge in [0.25, 0.3) is 5.91 Å². The predicted molar refractivity (Wildman–Crippen MR) is 216 cm³/mol. The van der Waals surface area contributed by atoms with E-state index in [4.69, 9.17) is 4.74 Å². The maximum absolute atomic E-state index is 16.0. The second-order valence-corrected chi connectivity index (χ2v) is 17.6. The van der Waals surface area contributed by atoms with Crippen molar-refractivity contribution in [1.29, 1.82) is 0 Å². The number of hydrogen-bond donors (Lipinski definition) is 2. The first-order valence-electron chi connectivity index (χ1n) is 21.1. The van der Waals surface area contributed by atoms with Crippen LogP contribution < -0.4 is 19.9 Å². The number of anilines is 2. The van der Waals surface area contributed by atoms with Crippen LogP contribution in [0.3, 0.4) is 0 Å². The summed E-state index contributed by atoms with van der Waals surface area (Å²) in [7, 11) is 0. The lowest BCUT2D eigenvalue weighted by Gasteiger charge is -2.39. The molecule has 0 bridgehead atoms. The molecular weight excluding hydrogens is 740 g/mol. The van der Waals surface area contributed by atoms with Crippen LogP contribution in [0.1, 0.15) is 67.8 Å². The lowest BCUT2D eigenvalue weighted by Crippen LogP contribution is -2.52. The van der Waals surface area contributed by atoms with Gasteiger partial charge in [-0.2, -0.15) is 5.10 Å². The normalized spacial score (nSPS) is 24.2. The number of fused-ring (bicyclic) bond motifs is 2. The van der Waals surface area contributed by atoms with Gasteiger partial charge in [0.1, 0.15) is 35.2 Å². The van der Waals surface area contributed by atoms with Crippen molar-refractivity contribution >= 4 is 40.1 Å². The highest BCUT2D eigenvalue weighted by atomic mass is 19.1. The van der Waals surface area contributed by atoms with E-state index in [9.17, 15) is 14.4 Å². The van der Waals surface area contributed by atoms with Gasteiger partial charge in [0.2, 0.25) is 11.8 Å². The Kier molecular flexibility index (Phi) is 9.54. The van der Waals surface area contributed by atoms with Gasteiger partial charge in [-0.05, 0) is 87.6 Å². The summed E-state index contributed by atoms with van der Waals surface area (Å²) in [4.78, 5) is 57.6. The van der Waals surface area contributed by atoms with E-state index in [-0.39, 0.29) is 42.6 Å². The summed E-state index contributed by atoms with van der Waals surface area (Å²) >= 11 is 0. The Balaban J connectivity index is 0.683. The molecule has 6 aliphatic rings. The van der Waals surface area contributed by atoms with E-state index in [1.54, 1.807) is 18.5 Å². The molecule has 1 saturated carbocycles. The van der Waals surface area contributed by atoms with Crippen LogP contribution >= 0.6 is 0 Å². The summed E-state index contributed by atoms with van der Waals surface area (Å²) < 4.78 is 22.2. The van der Waals surface area contributed by atoms with Crippen molar-refractivity contribution in [1.82, 2.24) is 40.2 Å². The second-order valence-electron chi connectivity index (χ2n) is 17.6. The Morgan fingerprint density at radius 3 is 2.36 bits per heavy atom. The fourth-order valence-corrected chi connectivity index (χ4v) is 9.73. The van der Waals surface area contributed by atoms with Crippen molar-refractivity contribution in [3.8, 4) is 17.1 Å². The van der Waals surface area contributed by atoms with E-state index in [1.165, 1.54) is 4.90 Å². The summed E-state index contributed by atoms with van der Waals surface area (Å²) in [5.41, 5.74) is 3.73. The molecule has 0 spiro atoms. The zero-order valence-corrected chi connectivity index (χ0v) is 33.1. The number of hydrogen-bond acceptors (Lipinski definition) is 11. The van der Waals surface area contributed by atoms with Crippen LogP contribution in [0.4, 0.5) is 15.9 Å². The van der Waals surface area contributed by atoms with Crippen LogP contribution in [0.15, 0.2) is 42.7 Å². The number of amides is 3. The smallest absolute Gasteiger partial charge is 0.255 e. The van der Waals surface area contributed by atoms with Crippen molar-refractivity contribution in [2.24, 2.45) is 11.8 Å². The third kappa shape index (κ3) is 7.27. The predicted octanol–water partition coefficient (Wildman–Crippen LogP) is 4.21. The van der Waals surface area contributed by atoms with Crippen LogP contribution in [-0.4, -0.2) is 130 Å². The van der Waals surface area contributed by atoms with Gasteiger partial charge in [0.15, 0.2) is 5.82 Å². The number of carbonyl (C=O) groups excluding carboxylic acids is 3. The molecule has 5 aliphatic heterocycles. The van der Waals surface area contributed by atoms with Crippen LogP contribution in [-0.2, 0) is 16.1 Å². The van der Waals surface area contributed by atoms with Gasteiger partial charge in [-0.15, -0.1) is 0 Å². The molecule has 3 amide bonds. The standard InChI is InChI=1S/C43H51FN10O4/c1-43(11-12-43)58-29-2-4-33-31(20-29)40(49-48-33)34-21-37(46-26-45-34)52-13-8-27(9-14-52)22-50-16-18-51(19-17-50)23-28-10-15-53(24-28)35-5-3-30-32(39(35)44)25-54(42(30)57)36-6-7-38(55)47-41(36)56/h2-5,20-21,26-28,36H,6-19,22-25H2,1H3,(H,48,49)(H,47,55,56)/t28-,36?/m0/s1. The average Bonchev–Trinajstić information content (AvgIpc) is 3.51. The number of ether oxygens (including phenoxy) is 1. The molecule has 304 valence electrons. The number of imide groups is 1. The number of nitrogens with one attached hydrogen (secondary N) is 2. The molecular formula is C43H51FN10O4. The van der Waals surface area contributed by atoms with Gasteiger partial charge >= 0.3 is 0 Å². The molecule has 2 N–H and O–H groups in total. The quantitative estimate of drug-likeness (QED) is 0.223. The molecule has 4 saturated heterocycles. The van der Waals surface area contributed by atoms with Crippen molar-refractivity contribution in [3.05, 3.63) is 59.7 Å². The van der Waals surface area contributed by atoms with Crippen LogP contribution in [0.2, 0.25) is 0 Å². The molecule has 15 heteroatoms. The van der Waals surface area contributed by atoms with Gasteiger partial charge in [-0.1, -0.05) is 0 Å². The van der Waals surface area contributed by atoms with Gasteiger partial charge in [-0.3, -0.25) is 24.8 Å². The van der Waals surface area contributed by atoms with E-state index < -0.39 is 11.9 Å². The van der Waals surface area contributed by atoms with E-state index in [1.807, 2.05) is 12.1 Å². The molecule has 2 aromatic carbocycles. The Labute approximate surface area is 337 Å². The lowest BCUT2D eigenvalue weighted by molar-refractivity contribution is -0.136. The molecule has 1 aliphatic carbocycles. The van der Waals surface area contributed by atoms with Gasteiger partial charge < -0.3 is 29.2 Å². The van der Waals surface area contributed by atoms with E-state index >= 15 is 4.39 Å². The van der Waals surface area contributed by atoms with Crippen molar-refractivity contribution in [2.45, 2.75) is 70.1 Å². The van der Waals surface area contributed by atoms with Crippen molar-refractivity contribution < 1.29 is 23.5 Å². The number of piperazine rings is 1. The van der Waals surface area contributed by atoms with E-state index in [2.05, 4.69) is 64.1 Å². The largest absolute Gasteiger partial charge is 0.488 e. The molecule has 10 rings (SSSR count). The molecule has 5 fully saturated rings. The van der Waals surface area contributed by atoms with Crippen LogP contribution in [0, 0.1) is 17.7 Å². The maximum atomic E-state index is 16.0. The number of piperidine rings is 2. The molecule has 1 unspecified atom stereocenters. The van der Waals surface area contributed by atoms with Crippen molar-refractivity contribution in [3.63, 3.8) is 0 Å². The lowest BCUT2D eigenvalue weighted by atomic mass is 9.95. The molecule has 0 radical (unpaired) electrons. The summed E-state index contributed by atoms with van der Waals surface area (Å²) in [6.07, 6.45) is 7.51. The third-order valence-electron chi connectivity index (χ3n) is 13.4. The highest BCUT2D eigenvalue weighted by Crippen LogP contribution is 2.41. The minimum absolute atomic E-state index is 0.0463.